The number of hydrogen-bond donors (Lipinski definition) is 2. The van der Waals surface area contributed by atoms with Crippen LogP contribution >= 0.6 is 0 Å². The molecule has 4 unspecified atom stereocenters. The van der Waals surface area contributed by atoms with Crippen molar-refractivity contribution in [2.75, 3.05) is 5.73 Å². The highest BCUT2D eigenvalue weighted by molar-refractivity contribution is 5.86. The van der Waals surface area contributed by atoms with Crippen LogP contribution in [0, 0.1) is 0 Å². The summed E-state index contributed by atoms with van der Waals surface area (Å²) in [5, 5.41) is 10.9. The van der Waals surface area contributed by atoms with E-state index in [1.165, 1.54) is 6.33 Å². The fraction of sp³-hybridized carbons (Fsp3) is 0.625. The molecular weight excluding hydrogens is 312 g/mol. The van der Waals surface area contributed by atoms with Crippen molar-refractivity contribution >= 4 is 16.9 Å². The van der Waals surface area contributed by atoms with Crippen LogP contribution in [0.5, 0.6) is 0 Å². The number of nitrogens with zero attached hydrogens (tertiary/aromatic N) is 3. The maximum atomic E-state index is 10.1. The van der Waals surface area contributed by atoms with Gasteiger partial charge in [-0.15, -0.1) is 0 Å². The molecule has 3 N–H and O–H groups in total. The number of anilines is 1. The Labute approximate surface area is 139 Å². The second kappa shape index (κ2) is 4.89. The Bertz CT molecular complexity index is 789. The smallest absolute Gasteiger partial charge is 0.167 e. The van der Waals surface area contributed by atoms with Gasteiger partial charge in [0.1, 0.15) is 35.6 Å². The van der Waals surface area contributed by atoms with Gasteiger partial charge in [0, 0.05) is 6.20 Å². The number of fused-ring (bicyclic) bond motifs is 2. The maximum Gasteiger partial charge on any atom is 0.167 e. The Balaban J connectivity index is 1.83. The van der Waals surface area contributed by atoms with Crippen LogP contribution in [0.25, 0.3) is 11.0 Å². The van der Waals surface area contributed by atoms with Crippen LogP contribution in [0.1, 0.15) is 33.9 Å². The zero-order valence-electron chi connectivity index (χ0n) is 14.1. The number of aromatic nitrogens is 3. The third-order valence-corrected chi connectivity index (χ3v) is 4.78. The van der Waals surface area contributed by atoms with Crippen LogP contribution < -0.4 is 5.73 Å². The van der Waals surface area contributed by atoms with E-state index < -0.39 is 35.9 Å². The molecule has 8 heteroatoms. The molecule has 0 bridgehead atoms. The summed E-state index contributed by atoms with van der Waals surface area (Å²) in [6.45, 7) is 7.35. The molecule has 8 nitrogen and oxygen atoms in total. The molecule has 130 valence electrons. The average molecular weight is 334 g/mol. The molecule has 2 aromatic heterocycles. The van der Waals surface area contributed by atoms with E-state index in [4.69, 9.17) is 19.9 Å². The van der Waals surface area contributed by atoms with Crippen molar-refractivity contribution < 1.29 is 19.3 Å². The molecule has 2 fully saturated rings. The van der Waals surface area contributed by atoms with Gasteiger partial charge in [-0.2, -0.15) is 0 Å². The SMILES string of the molecule is CC(O)C1OC(n2ccc3c(N)ncnc32)[C@]2(C)OC(C)(C)OC12. The molecular formula is C16H22N4O4. The zero-order valence-corrected chi connectivity index (χ0v) is 14.1. The number of rotatable bonds is 2. The van der Waals surface area contributed by atoms with Crippen LogP contribution in [0.3, 0.4) is 0 Å². The highest BCUT2D eigenvalue weighted by atomic mass is 16.8. The van der Waals surface area contributed by atoms with E-state index in [0.29, 0.717) is 11.5 Å². The van der Waals surface area contributed by atoms with Gasteiger partial charge >= 0.3 is 0 Å². The maximum absolute atomic E-state index is 10.1. The van der Waals surface area contributed by atoms with E-state index in [2.05, 4.69) is 9.97 Å². The Hall–Kier alpha value is -1.74. The van der Waals surface area contributed by atoms with Crippen molar-refractivity contribution in [1.82, 2.24) is 14.5 Å². The summed E-state index contributed by atoms with van der Waals surface area (Å²) >= 11 is 0. The standard InChI is InChI=1S/C16H22N4O4/c1-8(21)10-11-16(4,24-15(2,3)23-11)14(22-10)20-6-5-9-12(17)18-7-19-13(9)20/h5-8,10-11,14,21H,1-4H3,(H2,17,18,19)/t8?,10?,11?,14?,16-/m1/s1. The summed E-state index contributed by atoms with van der Waals surface area (Å²) in [6.07, 6.45) is 1.17. The van der Waals surface area contributed by atoms with Gasteiger partial charge in [0.15, 0.2) is 12.0 Å². The second-order valence-electron chi connectivity index (χ2n) is 7.14. The minimum absolute atomic E-state index is 0.394. The monoisotopic (exact) mass is 334 g/mol. The van der Waals surface area contributed by atoms with Gasteiger partial charge in [0.05, 0.1) is 11.5 Å². The summed E-state index contributed by atoms with van der Waals surface area (Å²) in [5.74, 6) is -0.347. The number of ether oxygens (including phenoxy) is 3. The van der Waals surface area contributed by atoms with Gasteiger partial charge in [-0.3, -0.25) is 0 Å². The Morgan fingerprint density at radius 3 is 2.79 bits per heavy atom. The summed E-state index contributed by atoms with van der Waals surface area (Å²) in [7, 11) is 0. The van der Waals surface area contributed by atoms with Crippen molar-refractivity contribution in [2.24, 2.45) is 0 Å². The highest BCUT2D eigenvalue weighted by Gasteiger charge is 2.65. The van der Waals surface area contributed by atoms with E-state index >= 15 is 0 Å². The first-order valence-corrected chi connectivity index (χ1v) is 8.01. The quantitative estimate of drug-likeness (QED) is 0.850. The molecule has 4 rings (SSSR count). The predicted molar refractivity (Wildman–Crippen MR) is 86.0 cm³/mol. The van der Waals surface area contributed by atoms with Crippen LogP contribution in [0.2, 0.25) is 0 Å². The summed E-state index contributed by atoms with van der Waals surface area (Å²) in [6, 6.07) is 1.85. The first-order chi connectivity index (χ1) is 11.2. The van der Waals surface area contributed by atoms with Crippen LogP contribution in [0.15, 0.2) is 18.6 Å². The van der Waals surface area contributed by atoms with Crippen LogP contribution in [-0.2, 0) is 14.2 Å². The van der Waals surface area contributed by atoms with Crippen LogP contribution in [-0.4, -0.2) is 49.3 Å². The van der Waals surface area contributed by atoms with Gasteiger partial charge < -0.3 is 29.6 Å². The molecule has 24 heavy (non-hydrogen) atoms. The normalized spacial score (nSPS) is 36.1. The molecule has 0 spiro atoms. The second-order valence-corrected chi connectivity index (χ2v) is 7.14. The van der Waals surface area contributed by atoms with E-state index in [9.17, 15) is 5.11 Å². The van der Waals surface area contributed by atoms with Crippen LogP contribution in [0.4, 0.5) is 5.82 Å². The Morgan fingerprint density at radius 2 is 2.08 bits per heavy atom. The predicted octanol–water partition coefficient (Wildman–Crippen LogP) is 1.20. The van der Waals surface area contributed by atoms with Gasteiger partial charge in [-0.1, -0.05) is 0 Å². The number of nitrogen functional groups attached to an aromatic ring is 1. The lowest BCUT2D eigenvalue weighted by molar-refractivity contribution is -0.221. The van der Waals surface area contributed by atoms with Crippen molar-refractivity contribution in [3.8, 4) is 0 Å². The van der Waals surface area contributed by atoms with E-state index in [0.717, 1.165) is 5.39 Å². The number of nitrogens with two attached hydrogens (primary N) is 1. The molecule has 0 aromatic carbocycles. The fourth-order valence-electron chi connectivity index (χ4n) is 3.86. The molecule has 2 aromatic rings. The van der Waals surface area contributed by atoms with Crippen molar-refractivity contribution in [3.05, 3.63) is 18.6 Å². The zero-order chi connectivity index (χ0) is 17.3. The first-order valence-electron chi connectivity index (χ1n) is 8.01. The molecule has 5 atom stereocenters. The molecule has 4 heterocycles. The lowest BCUT2D eigenvalue weighted by Gasteiger charge is -2.30. The lowest BCUT2D eigenvalue weighted by atomic mass is 9.94. The Morgan fingerprint density at radius 1 is 1.33 bits per heavy atom. The number of hydrogen-bond acceptors (Lipinski definition) is 7. The molecule has 0 amide bonds. The molecule has 0 radical (unpaired) electrons. The molecule has 2 aliphatic rings. The van der Waals surface area contributed by atoms with Gasteiger partial charge in [-0.05, 0) is 33.8 Å². The fourth-order valence-corrected chi connectivity index (χ4v) is 3.86. The Kier molecular flexibility index (Phi) is 3.21. The highest BCUT2D eigenvalue weighted by Crippen LogP contribution is 2.52. The van der Waals surface area contributed by atoms with Gasteiger partial charge in [0.2, 0.25) is 0 Å². The third kappa shape index (κ3) is 2.07. The van der Waals surface area contributed by atoms with Gasteiger partial charge in [-0.25, -0.2) is 9.97 Å². The lowest BCUT2D eigenvalue weighted by Crippen LogP contribution is -2.43. The minimum Gasteiger partial charge on any atom is -0.391 e. The average Bonchev–Trinajstić information content (AvgIpc) is 3.07. The van der Waals surface area contributed by atoms with Crippen molar-refractivity contribution in [2.45, 2.75) is 63.6 Å². The van der Waals surface area contributed by atoms with Gasteiger partial charge in [0.25, 0.3) is 0 Å². The first kappa shape index (κ1) is 15.8. The topological polar surface area (TPSA) is 105 Å². The summed E-state index contributed by atoms with van der Waals surface area (Å²) < 4.78 is 20.2. The third-order valence-electron chi connectivity index (χ3n) is 4.78. The largest absolute Gasteiger partial charge is 0.391 e. The summed E-state index contributed by atoms with van der Waals surface area (Å²) in [4.78, 5) is 8.35. The molecule has 0 saturated carbocycles. The van der Waals surface area contributed by atoms with E-state index in [1.54, 1.807) is 6.92 Å². The molecule has 2 saturated heterocycles. The van der Waals surface area contributed by atoms with E-state index in [1.807, 2.05) is 37.6 Å². The number of aliphatic hydroxyl groups excluding tert-OH is 1. The van der Waals surface area contributed by atoms with Crippen molar-refractivity contribution in [1.29, 1.82) is 0 Å². The minimum atomic E-state index is -0.767. The summed E-state index contributed by atoms with van der Waals surface area (Å²) in [5.41, 5.74) is 5.82. The van der Waals surface area contributed by atoms with Crippen molar-refractivity contribution in [3.63, 3.8) is 0 Å². The number of aliphatic hydroxyl groups is 1. The molecule has 2 aliphatic heterocycles. The molecule has 0 aliphatic carbocycles. The van der Waals surface area contributed by atoms with E-state index in [-0.39, 0.29) is 0 Å².